The number of carboxylic acid groups (broad SMARTS) is 1. The van der Waals surface area contributed by atoms with Crippen LogP contribution in [-0.4, -0.2) is 27.8 Å². The number of allylic oxidation sites excluding steroid dienone is 1. The van der Waals surface area contributed by atoms with Crippen LogP contribution in [0, 0.1) is 18.3 Å². The molecule has 0 saturated heterocycles. The van der Waals surface area contributed by atoms with Crippen molar-refractivity contribution < 1.29 is 19.7 Å². The van der Waals surface area contributed by atoms with Crippen LogP contribution in [-0.2, 0) is 4.79 Å². The first-order valence-corrected chi connectivity index (χ1v) is 8.45. The molecular formula is C20H19N3O4. The van der Waals surface area contributed by atoms with Gasteiger partial charge in [-0.05, 0) is 38.5 Å². The molecule has 0 radical (unpaired) electrons. The van der Waals surface area contributed by atoms with Crippen molar-refractivity contribution in [2.24, 2.45) is 0 Å². The number of hydrogen-bond donors (Lipinski definition) is 3. The zero-order chi connectivity index (χ0) is 19.7. The monoisotopic (exact) mass is 365 g/mol. The second kappa shape index (κ2) is 7.00. The van der Waals surface area contributed by atoms with Crippen molar-refractivity contribution in [1.29, 1.82) is 5.26 Å². The molecule has 2 aromatic rings. The summed E-state index contributed by atoms with van der Waals surface area (Å²) < 4.78 is 5.66. The Hall–Kier alpha value is -3.53. The number of benzene rings is 1. The standard InChI is InChI=1S/C20H19N3O4/c1-4-27-19-17-16(13-6-5-12(8-21)7-14(13)24)15(20(25)26)11(3)23-18(17)10(2)9-22-19/h5-7,9,16,23-24H,4H2,1-3H3,(H,25,26). The van der Waals surface area contributed by atoms with Crippen molar-refractivity contribution in [3.05, 3.63) is 57.9 Å². The van der Waals surface area contributed by atoms with Crippen molar-refractivity contribution in [2.45, 2.75) is 26.7 Å². The fourth-order valence-corrected chi connectivity index (χ4v) is 3.36. The summed E-state index contributed by atoms with van der Waals surface area (Å²) >= 11 is 0. The third-order valence-electron chi connectivity index (χ3n) is 4.55. The zero-order valence-electron chi connectivity index (χ0n) is 15.2. The Morgan fingerprint density at radius 1 is 1.41 bits per heavy atom. The normalized spacial score (nSPS) is 15.6. The fourth-order valence-electron chi connectivity index (χ4n) is 3.36. The van der Waals surface area contributed by atoms with E-state index in [1.807, 2.05) is 19.9 Å². The summed E-state index contributed by atoms with van der Waals surface area (Å²) in [5.41, 5.74) is 3.33. The Balaban J connectivity index is 2.35. The molecule has 1 aromatic carbocycles. The van der Waals surface area contributed by atoms with Crippen LogP contribution in [0.1, 0.15) is 42.0 Å². The Bertz CT molecular complexity index is 1010. The number of aliphatic carboxylic acids is 1. The predicted octanol–water partition coefficient (Wildman–Crippen LogP) is 3.28. The van der Waals surface area contributed by atoms with Gasteiger partial charge in [-0.15, -0.1) is 0 Å². The highest BCUT2D eigenvalue weighted by molar-refractivity contribution is 5.94. The van der Waals surface area contributed by atoms with E-state index in [2.05, 4.69) is 10.3 Å². The highest BCUT2D eigenvalue weighted by Gasteiger charge is 2.37. The van der Waals surface area contributed by atoms with Gasteiger partial charge in [0.1, 0.15) is 5.75 Å². The van der Waals surface area contributed by atoms with E-state index in [9.17, 15) is 15.0 Å². The molecular weight excluding hydrogens is 346 g/mol. The first-order chi connectivity index (χ1) is 12.9. The van der Waals surface area contributed by atoms with Gasteiger partial charge < -0.3 is 20.3 Å². The van der Waals surface area contributed by atoms with Crippen LogP contribution < -0.4 is 10.1 Å². The van der Waals surface area contributed by atoms with Gasteiger partial charge in [0.25, 0.3) is 0 Å². The van der Waals surface area contributed by atoms with E-state index < -0.39 is 11.9 Å². The Labute approximate surface area is 156 Å². The van der Waals surface area contributed by atoms with Crippen LogP contribution in [0.15, 0.2) is 35.7 Å². The smallest absolute Gasteiger partial charge is 0.334 e. The number of rotatable bonds is 4. The maximum Gasteiger partial charge on any atom is 0.334 e. The molecule has 1 aliphatic heterocycles. The number of phenols is 1. The molecule has 0 amide bonds. The second-order valence-electron chi connectivity index (χ2n) is 6.26. The van der Waals surface area contributed by atoms with E-state index in [-0.39, 0.29) is 16.9 Å². The van der Waals surface area contributed by atoms with Crippen LogP contribution >= 0.6 is 0 Å². The Morgan fingerprint density at radius 3 is 2.74 bits per heavy atom. The Morgan fingerprint density at radius 2 is 2.15 bits per heavy atom. The number of aromatic nitrogens is 1. The van der Waals surface area contributed by atoms with E-state index in [0.29, 0.717) is 35.0 Å². The lowest BCUT2D eigenvalue weighted by molar-refractivity contribution is -0.132. The summed E-state index contributed by atoms with van der Waals surface area (Å²) in [5, 5.41) is 32.6. The summed E-state index contributed by atoms with van der Waals surface area (Å²) in [6.45, 7) is 5.72. The highest BCUT2D eigenvalue weighted by atomic mass is 16.5. The SMILES string of the molecule is CCOc1ncc(C)c2c1C(c1ccc(C#N)cc1O)C(C(=O)O)=C(C)N2. The number of fused-ring (bicyclic) bond motifs is 1. The van der Waals surface area contributed by atoms with Gasteiger partial charge in [0, 0.05) is 17.5 Å². The summed E-state index contributed by atoms with van der Waals surface area (Å²) in [4.78, 5) is 16.4. The highest BCUT2D eigenvalue weighted by Crippen LogP contribution is 2.48. The number of aryl methyl sites for hydroxylation is 1. The maximum absolute atomic E-state index is 12.1. The lowest BCUT2D eigenvalue weighted by Gasteiger charge is -2.31. The number of anilines is 1. The van der Waals surface area contributed by atoms with E-state index in [0.717, 1.165) is 5.56 Å². The molecule has 0 bridgehead atoms. The van der Waals surface area contributed by atoms with Crippen LogP contribution in [0.25, 0.3) is 0 Å². The molecule has 7 nitrogen and oxygen atoms in total. The number of nitrogens with zero attached hydrogens (tertiary/aromatic N) is 2. The molecule has 27 heavy (non-hydrogen) atoms. The second-order valence-corrected chi connectivity index (χ2v) is 6.26. The number of nitriles is 1. The van der Waals surface area contributed by atoms with E-state index in [4.69, 9.17) is 10.00 Å². The van der Waals surface area contributed by atoms with Gasteiger partial charge in [0.05, 0.1) is 41.0 Å². The topological polar surface area (TPSA) is 115 Å². The minimum atomic E-state index is -1.11. The first kappa shape index (κ1) is 18.3. The number of carboxylic acids is 1. The van der Waals surface area contributed by atoms with Crippen molar-refractivity contribution in [3.63, 3.8) is 0 Å². The van der Waals surface area contributed by atoms with Crippen molar-refractivity contribution in [2.75, 3.05) is 11.9 Å². The van der Waals surface area contributed by atoms with E-state index >= 15 is 0 Å². The average Bonchev–Trinajstić information content (AvgIpc) is 2.63. The third kappa shape index (κ3) is 3.06. The first-order valence-electron chi connectivity index (χ1n) is 8.45. The van der Waals surface area contributed by atoms with Crippen molar-refractivity contribution in [3.8, 4) is 17.7 Å². The van der Waals surface area contributed by atoms with Crippen LogP contribution in [0.5, 0.6) is 11.6 Å². The molecule has 1 aromatic heterocycles. The molecule has 3 N–H and O–H groups in total. The van der Waals surface area contributed by atoms with Crippen molar-refractivity contribution >= 4 is 11.7 Å². The summed E-state index contributed by atoms with van der Waals surface area (Å²) in [6.07, 6.45) is 1.66. The molecule has 2 heterocycles. The number of aromatic hydroxyl groups is 1. The van der Waals surface area contributed by atoms with Crippen molar-refractivity contribution in [1.82, 2.24) is 4.98 Å². The molecule has 7 heteroatoms. The minimum Gasteiger partial charge on any atom is -0.508 e. The van der Waals surface area contributed by atoms with Crippen LogP contribution in [0.2, 0.25) is 0 Å². The molecule has 1 aliphatic rings. The van der Waals surface area contributed by atoms with Gasteiger partial charge in [-0.2, -0.15) is 5.26 Å². The molecule has 1 unspecified atom stereocenters. The molecule has 138 valence electrons. The number of phenolic OH excluding ortho intramolecular Hbond substituents is 1. The minimum absolute atomic E-state index is 0.0934. The molecule has 3 rings (SSSR count). The number of pyridine rings is 1. The molecule has 0 aliphatic carbocycles. The van der Waals surface area contributed by atoms with Gasteiger partial charge in [-0.3, -0.25) is 0 Å². The summed E-state index contributed by atoms with van der Waals surface area (Å²) in [5.74, 6) is -1.74. The van der Waals surface area contributed by atoms with Gasteiger partial charge in [-0.25, -0.2) is 9.78 Å². The van der Waals surface area contributed by atoms with Gasteiger partial charge in [0.15, 0.2) is 0 Å². The molecule has 1 atom stereocenters. The van der Waals surface area contributed by atoms with E-state index in [1.165, 1.54) is 6.07 Å². The number of ether oxygens (including phenoxy) is 1. The fraction of sp³-hybridized carbons (Fsp3) is 0.250. The lowest BCUT2D eigenvalue weighted by atomic mass is 9.80. The molecule has 0 spiro atoms. The Kier molecular flexibility index (Phi) is 4.74. The van der Waals surface area contributed by atoms with Gasteiger partial charge in [-0.1, -0.05) is 6.07 Å². The van der Waals surface area contributed by atoms with Crippen LogP contribution in [0.4, 0.5) is 5.69 Å². The zero-order valence-corrected chi connectivity index (χ0v) is 15.2. The van der Waals surface area contributed by atoms with Gasteiger partial charge >= 0.3 is 5.97 Å². The van der Waals surface area contributed by atoms with E-state index in [1.54, 1.807) is 25.3 Å². The summed E-state index contributed by atoms with van der Waals surface area (Å²) in [7, 11) is 0. The molecule has 0 saturated carbocycles. The third-order valence-corrected chi connectivity index (χ3v) is 4.55. The number of hydrogen-bond acceptors (Lipinski definition) is 6. The average molecular weight is 365 g/mol. The molecule has 0 fully saturated rings. The number of nitrogens with one attached hydrogen (secondary N) is 1. The quantitative estimate of drug-likeness (QED) is 0.761. The predicted molar refractivity (Wildman–Crippen MR) is 98.8 cm³/mol. The van der Waals surface area contributed by atoms with Gasteiger partial charge in [0.2, 0.25) is 5.88 Å². The largest absolute Gasteiger partial charge is 0.508 e. The summed E-state index contributed by atoms with van der Waals surface area (Å²) in [6, 6.07) is 6.41. The lowest BCUT2D eigenvalue weighted by Crippen LogP contribution is -2.24. The van der Waals surface area contributed by atoms with Crippen LogP contribution in [0.3, 0.4) is 0 Å². The number of carbonyl (C=O) groups is 1. The maximum atomic E-state index is 12.1.